The van der Waals surface area contributed by atoms with Crippen LogP contribution in [0.4, 0.5) is 18.9 Å². The molecule has 0 aliphatic heterocycles. The lowest BCUT2D eigenvalue weighted by molar-refractivity contribution is -0.384. The van der Waals surface area contributed by atoms with Crippen molar-refractivity contribution in [3.8, 4) is 0 Å². The van der Waals surface area contributed by atoms with Crippen LogP contribution in [0.3, 0.4) is 0 Å². The Hall–Kier alpha value is -2.25. The molecule has 9 nitrogen and oxygen atoms in total. The molecule has 0 atom stereocenters. The Morgan fingerprint density at radius 1 is 1.29 bits per heavy atom. The summed E-state index contributed by atoms with van der Waals surface area (Å²) in [5.41, 5.74) is -5.45. The van der Waals surface area contributed by atoms with Gasteiger partial charge in [0.1, 0.15) is 0 Å². The van der Waals surface area contributed by atoms with Crippen LogP contribution in [0.2, 0.25) is 0 Å². The molecule has 21 heavy (non-hydrogen) atoms. The summed E-state index contributed by atoms with van der Waals surface area (Å²) in [4.78, 5) is 24.4. The zero-order valence-corrected chi connectivity index (χ0v) is 10.6. The van der Waals surface area contributed by atoms with Crippen LogP contribution in [0.1, 0.15) is 10.4 Å². The van der Waals surface area contributed by atoms with Crippen molar-refractivity contribution in [3.05, 3.63) is 39.9 Å². The van der Waals surface area contributed by atoms with Gasteiger partial charge in [-0.3, -0.25) is 14.7 Å². The van der Waals surface area contributed by atoms with Crippen LogP contribution < -0.4 is 5.90 Å². The number of nitro groups is 1. The highest BCUT2D eigenvalue weighted by Crippen LogP contribution is 2.20. The van der Waals surface area contributed by atoms with Crippen LogP contribution in [0.15, 0.2) is 24.3 Å². The lowest BCUT2D eigenvalue weighted by atomic mass is 10.2. The van der Waals surface area contributed by atoms with Gasteiger partial charge in [-0.25, -0.2) is 4.79 Å². The number of halogens is 3. The van der Waals surface area contributed by atoms with Gasteiger partial charge < -0.3 is 4.84 Å². The lowest BCUT2D eigenvalue weighted by Gasteiger charge is -1.97. The monoisotopic (exact) mass is 332 g/mol. The molecule has 0 radical (unpaired) electrons. The minimum Gasteiger partial charge on any atom is -0.370 e. The van der Waals surface area contributed by atoms with Gasteiger partial charge in [-0.05, 0) is 12.1 Å². The van der Waals surface area contributed by atoms with E-state index in [-0.39, 0.29) is 11.3 Å². The predicted octanol–water partition coefficient (Wildman–Crippen LogP) is 1.02. The first kappa shape index (κ1) is 18.8. The van der Waals surface area contributed by atoms with Crippen molar-refractivity contribution in [1.29, 1.82) is 0 Å². The molecule has 0 fully saturated rings. The molecule has 118 valence electrons. The molecule has 0 heterocycles. The Morgan fingerprint density at radius 3 is 1.90 bits per heavy atom. The van der Waals surface area contributed by atoms with Crippen LogP contribution in [-0.4, -0.2) is 29.4 Å². The van der Waals surface area contributed by atoms with Crippen molar-refractivity contribution in [1.82, 2.24) is 0 Å². The molecule has 0 saturated carbocycles. The van der Waals surface area contributed by atoms with E-state index in [0.29, 0.717) is 0 Å². The minimum atomic E-state index is -5.84. The van der Waals surface area contributed by atoms with Gasteiger partial charge in [0.2, 0.25) is 0 Å². The Kier molecular flexibility index (Phi) is 6.21. The molecular formula is C8H7F3N2O7S. The SMILES string of the molecule is NOC(=O)c1ccc([N+](=O)[O-])cc1.O=S(=O)(O)C(F)(F)F. The van der Waals surface area contributed by atoms with Gasteiger partial charge in [0, 0.05) is 12.1 Å². The van der Waals surface area contributed by atoms with E-state index in [1.807, 2.05) is 0 Å². The van der Waals surface area contributed by atoms with Gasteiger partial charge in [0.15, 0.2) is 0 Å². The Bertz CT molecular complexity index is 612. The van der Waals surface area contributed by atoms with Gasteiger partial charge in [-0.1, -0.05) is 0 Å². The van der Waals surface area contributed by atoms with E-state index >= 15 is 0 Å². The van der Waals surface area contributed by atoms with Gasteiger partial charge in [0.25, 0.3) is 5.69 Å². The van der Waals surface area contributed by atoms with E-state index in [2.05, 4.69) is 10.7 Å². The van der Waals surface area contributed by atoms with Crippen molar-refractivity contribution in [2.75, 3.05) is 0 Å². The molecule has 0 aliphatic carbocycles. The summed E-state index contributed by atoms with van der Waals surface area (Å²) in [5, 5.41) is 10.2. The van der Waals surface area contributed by atoms with Crippen molar-refractivity contribution in [3.63, 3.8) is 0 Å². The number of nitrogens with zero attached hydrogens (tertiary/aromatic N) is 1. The molecule has 0 spiro atoms. The maximum atomic E-state index is 10.8. The van der Waals surface area contributed by atoms with Gasteiger partial charge in [-0.15, -0.1) is 0 Å². The third kappa shape index (κ3) is 6.15. The summed E-state index contributed by atoms with van der Waals surface area (Å²) in [6, 6.07) is 4.94. The molecular weight excluding hydrogens is 325 g/mol. The van der Waals surface area contributed by atoms with E-state index in [9.17, 15) is 28.1 Å². The third-order valence-corrected chi connectivity index (χ3v) is 2.30. The molecule has 13 heteroatoms. The number of nitrogens with two attached hydrogens (primary N) is 1. The summed E-state index contributed by atoms with van der Waals surface area (Å²) in [7, 11) is -5.84. The first-order valence-corrected chi connectivity index (χ1v) is 6.03. The molecule has 1 aromatic carbocycles. The third-order valence-electron chi connectivity index (χ3n) is 1.71. The van der Waals surface area contributed by atoms with E-state index in [1.54, 1.807) is 0 Å². The number of nitro benzene ring substituents is 1. The Morgan fingerprint density at radius 2 is 1.67 bits per heavy atom. The average molecular weight is 332 g/mol. The topological polar surface area (TPSA) is 150 Å². The quantitative estimate of drug-likeness (QED) is 0.352. The van der Waals surface area contributed by atoms with E-state index in [1.165, 1.54) is 24.3 Å². The molecule has 0 amide bonds. The zero-order valence-electron chi connectivity index (χ0n) is 9.77. The second-order valence-corrected chi connectivity index (χ2v) is 4.54. The van der Waals surface area contributed by atoms with Crippen molar-refractivity contribution < 1.29 is 40.7 Å². The Labute approximate surface area is 115 Å². The average Bonchev–Trinajstić information content (AvgIpc) is 2.36. The summed E-state index contributed by atoms with van der Waals surface area (Å²) < 4.78 is 57.5. The summed E-state index contributed by atoms with van der Waals surface area (Å²) in [6.07, 6.45) is 0. The van der Waals surface area contributed by atoms with Crippen molar-refractivity contribution in [2.45, 2.75) is 5.51 Å². The molecule has 0 aromatic heterocycles. The Balaban J connectivity index is 0.000000433. The van der Waals surface area contributed by atoms with Crippen molar-refractivity contribution in [2.24, 2.45) is 5.90 Å². The molecule has 0 saturated heterocycles. The first-order valence-electron chi connectivity index (χ1n) is 4.59. The number of carbonyl (C=O) groups is 1. The smallest absolute Gasteiger partial charge is 0.370 e. The molecule has 0 aliphatic rings. The number of carbonyl (C=O) groups excluding carboxylic acids is 1. The van der Waals surface area contributed by atoms with Crippen LogP contribution in [0.25, 0.3) is 0 Å². The summed E-state index contributed by atoms with van der Waals surface area (Å²) in [6.45, 7) is 0. The maximum absolute atomic E-state index is 10.8. The van der Waals surface area contributed by atoms with E-state index in [4.69, 9.17) is 13.0 Å². The zero-order chi connectivity index (χ0) is 16.8. The fraction of sp³-hybridized carbons (Fsp3) is 0.125. The highest BCUT2D eigenvalue weighted by molar-refractivity contribution is 7.86. The number of hydrogen-bond donors (Lipinski definition) is 2. The van der Waals surface area contributed by atoms with Crippen molar-refractivity contribution >= 4 is 21.8 Å². The van der Waals surface area contributed by atoms with Gasteiger partial charge in [-0.2, -0.15) is 27.5 Å². The second kappa shape index (κ2) is 6.96. The molecule has 3 N–H and O–H groups in total. The molecule has 0 bridgehead atoms. The maximum Gasteiger partial charge on any atom is 0.522 e. The summed E-state index contributed by atoms with van der Waals surface area (Å²) in [5.74, 6) is 3.89. The fourth-order valence-electron chi connectivity index (χ4n) is 0.787. The first-order chi connectivity index (χ1) is 9.40. The predicted molar refractivity (Wildman–Crippen MR) is 60.3 cm³/mol. The number of hydrogen-bond acceptors (Lipinski definition) is 7. The molecule has 1 aromatic rings. The van der Waals surface area contributed by atoms with Crippen LogP contribution in [0, 0.1) is 10.1 Å². The van der Waals surface area contributed by atoms with Crippen LogP contribution >= 0.6 is 0 Å². The number of benzene rings is 1. The van der Waals surface area contributed by atoms with Gasteiger partial charge >= 0.3 is 21.6 Å². The summed E-state index contributed by atoms with van der Waals surface area (Å²) >= 11 is 0. The van der Waals surface area contributed by atoms with E-state index < -0.39 is 26.5 Å². The lowest BCUT2D eigenvalue weighted by Crippen LogP contribution is -2.21. The molecule has 0 unspecified atom stereocenters. The fourth-order valence-corrected chi connectivity index (χ4v) is 0.787. The highest BCUT2D eigenvalue weighted by Gasteiger charge is 2.44. The molecule has 1 rings (SSSR count). The number of non-ortho nitro benzene ring substituents is 1. The van der Waals surface area contributed by atoms with Crippen LogP contribution in [0.5, 0.6) is 0 Å². The van der Waals surface area contributed by atoms with E-state index in [0.717, 1.165) is 0 Å². The van der Waals surface area contributed by atoms with Gasteiger partial charge in [0.05, 0.1) is 10.5 Å². The highest BCUT2D eigenvalue weighted by atomic mass is 32.2. The second-order valence-electron chi connectivity index (χ2n) is 3.13. The number of rotatable bonds is 2. The van der Waals surface area contributed by atoms with Crippen LogP contribution in [-0.2, 0) is 15.0 Å². The number of alkyl halides is 3. The normalized spacial score (nSPS) is 11.1. The largest absolute Gasteiger partial charge is 0.522 e. The minimum absolute atomic E-state index is 0.0893. The standard InChI is InChI=1S/C7H6N2O4.CHF3O3S/c8-13-7(10)5-1-3-6(4-2-5)9(11)12;2-1(3,4)8(5,6)7/h1-4H,8H2;(H,5,6,7).